The van der Waals surface area contributed by atoms with Crippen molar-refractivity contribution in [1.82, 2.24) is 19.0 Å². The molecule has 1 aliphatic heterocycles. The first-order valence-electron chi connectivity index (χ1n) is 7.48. The Balaban J connectivity index is 1.68. The van der Waals surface area contributed by atoms with Gasteiger partial charge in [0, 0.05) is 31.9 Å². The number of alkyl halides is 2. The highest BCUT2D eigenvalue weighted by molar-refractivity contribution is 7.91. The Morgan fingerprint density at radius 1 is 1.28 bits per heavy atom. The third kappa shape index (κ3) is 3.44. The van der Waals surface area contributed by atoms with Crippen molar-refractivity contribution in [1.29, 1.82) is 0 Å². The van der Waals surface area contributed by atoms with E-state index in [-0.39, 0.29) is 41.8 Å². The molecule has 0 saturated carbocycles. The summed E-state index contributed by atoms with van der Waals surface area (Å²) in [6, 6.07) is 4.51. The van der Waals surface area contributed by atoms with Crippen LogP contribution in [0.15, 0.2) is 27.8 Å². The van der Waals surface area contributed by atoms with Crippen molar-refractivity contribution < 1.29 is 22.0 Å². The topological polar surface area (TPSA) is 75.5 Å². The molecule has 2 aromatic rings. The van der Waals surface area contributed by atoms with E-state index in [0.717, 1.165) is 11.3 Å². The first-order chi connectivity index (χ1) is 11.8. The SMILES string of the molecule is Cc1cc(C(=O)N2CCN(S(=O)(=O)c3cccs3)CC2)nn1C(F)F. The molecule has 7 nitrogen and oxygen atoms in total. The third-order valence-electron chi connectivity index (χ3n) is 3.94. The number of nitrogens with zero attached hydrogens (tertiary/aromatic N) is 4. The Kier molecular flexibility index (Phi) is 4.89. The number of amides is 1. The van der Waals surface area contributed by atoms with Crippen LogP contribution in [0.5, 0.6) is 0 Å². The number of thiophene rings is 1. The molecular formula is C14H16F2N4O3S2. The summed E-state index contributed by atoms with van der Waals surface area (Å²) >= 11 is 1.14. The first-order valence-corrected chi connectivity index (χ1v) is 9.80. The summed E-state index contributed by atoms with van der Waals surface area (Å²) < 4.78 is 52.5. The van der Waals surface area contributed by atoms with Crippen LogP contribution in [0.4, 0.5) is 8.78 Å². The van der Waals surface area contributed by atoms with Gasteiger partial charge in [0.15, 0.2) is 5.69 Å². The molecule has 0 unspecified atom stereocenters. The van der Waals surface area contributed by atoms with Crippen molar-refractivity contribution >= 4 is 27.3 Å². The van der Waals surface area contributed by atoms with Crippen molar-refractivity contribution in [2.24, 2.45) is 0 Å². The Bertz CT molecular complexity index is 857. The number of carbonyl (C=O) groups is 1. The minimum Gasteiger partial charge on any atom is -0.335 e. The number of carbonyl (C=O) groups excluding carboxylic acids is 1. The quantitative estimate of drug-likeness (QED) is 0.798. The first kappa shape index (κ1) is 18.0. The summed E-state index contributed by atoms with van der Waals surface area (Å²) in [5, 5.41) is 5.33. The van der Waals surface area contributed by atoms with Crippen LogP contribution < -0.4 is 0 Å². The zero-order valence-electron chi connectivity index (χ0n) is 13.3. The highest BCUT2D eigenvalue weighted by atomic mass is 32.2. The fraction of sp³-hybridized carbons (Fsp3) is 0.429. The molecule has 3 heterocycles. The summed E-state index contributed by atoms with van der Waals surface area (Å²) in [7, 11) is -3.55. The molecule has 11 heteroatoms. The van der Waals surface area contributed by atoms with Gasteiger partial charge in [0.05, 0.1) is 0 Å². The standard InChI is InChI=1S/C14H16F2N4O3S2/c1-10-9-11(17-20(10)14(15)16)13(21)18-4-6-19(7-5-18)25(22,23)12-3-2-8-24-12/h2-3,8-9,14H,4-7H2,1H3. The lowest BCUT2D eigenvalue weighted by molar-refractivity contribution is 0.0527. The van der Waals surface area contributed by atoms with Gasteiger partial charge in [-0.05, 0) is 24.4 Å². The van der Waals surface area contributed by atoms with Gasteiger partial charge in [0.1, 0.15) is 4.21 Å². The second kappa shape index (κ2) is 6.81. The highest BCUT2D eigenvalue weighted by Crippen LogP contribution is 2.22. The molecule has 1 aliphatic rings. The normalized spacial score (nSPS) is 16.6. The van der Waals surface area contributed by atoms with E-state index < -0.39 is 22.5 Å². The summed E-state index contributed by atoms with van der Waals surface area (Å²) in [6.07, 6.45) is 0. The summed E-state index contributed by atoms with van der Waals surface area (Å²) in [5.41, 5.74) is 0.129. The molecule has 1 saturated heterocycles. The van der Waals surface area contributed by atoms with E-state index in [1.54, 1.807) is 11.4 Å². The van der Waals surface area contributed by atoms with Crippen molar-refractivity contribution in [3.63, 3.8) is 0 Å². The second-order valence-corrected chi connectivity index (χ2v) is 8.63. The molecule has 0 radical (unpaired) electrons. The van der Waals surface area contributed by atoms with E-state index in [0.29, 0.717) is 4.68 Å². The number of hydrogen-bond acceptors (Lipinski definition) is 5. The zero-order chi connectivity index (χ0) is 18.2. The number of halogens is 2. The molecule has 0 aromatic carbocycles. The Hall–Kier alpha value is -1.85. The highest BCUT2D eigenvalue weighted by Gasteiger charge is 2.32. The van der Waals surface area contributed by atoms with Crippen LogP contribution in [0.25, 0.3) is 0 Å². The molecule has 0 bridgehead atoms. The fourth-order valence-corrected chi connectivity index (χ4v) is 5.19. The van der Waals surface area contributed by atoms with Gasteiger partial charge in [-0.3, -0.25) is 4.79 Å². The van der Waals surface area contributed by atoms with Gasteiger partial charge in [0.2, 0.25) is 0 Å². The maximum atomic E-state index is 12.8. The zero-order valence-corrected chi connectivity index (χ0v) is 14.9. The van der Waals surface area contributed by atoms with Crippen LogP contribution >= 0.6 is 11.3 Å². The lowest BCUT2D eigenvalue weighted by Gasteiger charge is -2.33. The van der Waals surface area contributed by atoms with E-state index in [9.17, 15) is 22.0 Å². The lowest BCUT2D eigenvalue weighted by Crippen LogP contribution is -2.50. The van der Waals surface area contributed by atoms with Crippen LogP contribution in [-0.4, -0.2) is 59.5 Å². The summed E-state index contributed by atoms with van der Waals surface area (Å²) in [6.45, 7) is -0.689. The smallest absolute Gasteiger partial charge is 0.333 e. The lowest BCUT2D eigenvalue weighted by atomic mass is 10.3. The number of piperazine rings is 1. The largest absolute Gasteiger partial charge is 0.335 e. The monoisotopic (exact) mass is 390 g/mol. The third-order valence-corrected chi connectivity index (χ3v) is 7.21. The van der Waals surface area contributed by atoms with Gasteiger partial charge in [-0.2, -0.15) is 18.2 Å². The molecule has 0 aliphatic carbocycles. The van der Waals surface area contributed by atoms with Crippen LogP contribution in [-0.2, 0) is 10.0 Å². The number of rotatable bonds is 4. The Morgan fingerprint density at radius 2 is 1.96 bits per heavy atom. The van der Waals surface area contributed by atoms with Gasteiger partial charge >= 0.3 is 6.55 Å². The predicted molar refractivity (Wildman–Crippen MR) is 87.2 cm³/mol. The average Bonchev–Trinajstić information content (AvgIpc) is 3.24. The van der Waals surface area contributed by atoms with E-state index in [1.807, 2.05) is 0 Å². The summed E-state index contributed by atoms with van der Waals surface area (Å²) in [5.74, 6) is -0.476. The van der Waals surface area contributed by atoms with Crippen molar-refractivity contribution in [2.45, 2.75) is 17.7 Å². The van der Waals surface area contributed by atoms with Crippen LogP contribution in [0, 0.1) is 6.92 Å². The van der Waals surface area contributed by atoms with Crippen LogP contribution in [0.3, 0.4) is 0 Å². The number of aromatic nitrogens is 2. The predicted octanol–water partition coefficient (Wildman–Crippen LogP) is 1.79. The number of sulfonamides is 1. The molecule has 0 N–H and O–H groups in total. The van der Waals surface area contributed by atoms with E-state index in [4.69, 9.17) is 0 Å². The molecule has 0 spiro atoms. The molecule has 2 aromatic heterocycles. The molecule has 1 fully saturated rings. The van der Waals surface area contributed by atoms with Gasteiger partial charge in [-0.1, -0.05) is 6.07 Å². The Labute approximate surface area is 147 Å². The molecule has 25 heavy (non-hydrogen) atoms. The van der Waals surface area contributed by atoms with Gasteiger partial charge in [0.25, 0.3) is 15.9 Å². The second-order valence-electron chi connectivity index (χ2n) is 5.52. The molecule has 1 amide bonds. The van der Waals surface area contributed by atoms with Gasteiger partial charge in [-0.25, -0.2) is 13.1 Å². The van der Waals surface area contributed by atoms with Gasteiger partial charge < -0.3 is 4.90 Å². The average molecular weight is 390 g/mol. The fourth-order valence-electron chi connectivity index (χ4n) is 2.62. The van der Waals surface area contributed by atoms with Crippen molar-refractivity contribution in [2.75, 3.05) is 26.2 Å². The number of aryl methyl sites for hydroxylation is 1. The molecular weight excluding hydrogens is 374 g/mol. The molecule has 0 atom stereocenters. The van der Waals surface area contributed by atoms with E-state index >= 15 is 0 Å². The maximum Gasteiger partial charge on any atom is 0.333 e. The minimum absolute atomic E-state index is 0.0626. The van der Waals surface area contributed by atoms with Crippen LogP contribution in [0.2, 0.25) is 0 Å². The van der Waals surface area contributed by atoms with Crippen molar-refractivity contribution in [3.05, 3.63) is 35.0 Å². The Morgan fingerprint density at radius 3 is 2.48 bits per heavy atom. The van der Waals surface area contributed by atoms with Gasteiger partial charge in [-0.15, -0.1) is 11.3 Å². The number of hydrogen-bond donors (Lipinski definition) is 0. The minimum atomic E-state index is -3.55. The summed E-state index contributed by atoms with van der Waals surface area (Å²) in [4.78, 5) is 13.8. The van der Waals surface area contributed by atoms with Crippen molar-refractivity contribution in [3.8, 4) is 0 Å². The van der Waals surface area contributed by atoms with E-state index in [2.05, 4.69) is 5.10 Å². The maximum absolute atomic E-state index is 12.8. The molecule has 3 rings (SSSR count). The van der Waals surface area contributed by atoms with Crippen LogP contribution in [0.1, 0.15) is 22.7 Å². The van der Waals surface area contributed by atoms with E-state index in [1.165, 1.54) is 28.3 Å². The molecule has 136 valence electrons.